The van der Waals surface area contributed by atoms with Gasteiger partial charge in [0.2, 0.25) is 0 Å². The first-order chi connectivity index (χ1) is 6.72. The lowest BCUT2D eigenvalue weighted by Crippen LogP contribution is -1.97. The van der Waals surface area contributed by atoms with Crippen LogP contribution < -0.4 is 9.47 Å². The number of ether oxygens (including phenoxy) is 2. The second-order valence-electron chi connectivity index (χ2n) is 2.58. The molecule has 0 saturated heterocycles. The largest absolute Gasteiger partial charge is 0.493 e. The van der Waals surface area contributed by atoms with E-state index in [9.17, 15) is 4.79 Å². The molecule has 0 aliphatic carbocycles. The van der Waals surface area contributed by atoms with Gasteiger partial charge in [-0.25, -0.2) is 0 Å². The molecule has 0 saturated carbocycles. The van der Waals surface area contributed by atoms with Crippen LogP contribution in [0.2, 0.25) is 5.02 Å². The summed E-state index contributed by atoms with van der Waals surface area (Å²) in [6, 6.07) is 3.13. The summed E-state index contributed by atoms with van der Waals surface area (Å²) in [5, 5.41) is 0.383. The number of hydrogen-bond donors (Lipinski definition) is 0. The lowest BCUT2D eigenvalue weighted by Gasteiger charge is -2.11. The fraction of sp³-hybridized carbons (Fsp3) is 0.300. The van der Waals surface area contributed by atoms with Crippen molar-refractivity contribution in [2.75, 3.05) is 13.7 Å². The summed E-state index contributed by atoms with van der Waals surface area (Å²) in [5.74, 6) is 0.948. The maximum atomic E-state index is 10.5. The molecule has 0 fully saturated rings. The number of hydrogen-bond acceptors (Lipinski definition) is 3. The predicted octanol–water partition coefficient (Wildman–Crippen LogP) is 2.56. The van der Waals surface area contributed by atoms with Crippen LogP contribution in [-0.4, -0.2) is 20.0 Å². The highest BCUT2D eigenvalue weighted by Gasteiger charge is 2.10. The van der Waals surface area contributed by atoms with Gasteiger partial charge >= 0.3 is 0 Å². The number of rotatable bonds is 4. The summed E-state index contributed by atoms with van der Waals surface area (Å²) in [5.41, 5.74) is 0.468. The molecule has 0 bridgehead atoms. The van der Waals surface area contributed by atoms with Crippen LogP contribution in [0.3, 0.4) is 0 Å². The van der Waals surface area contributed by atoms with E-state index in [1.807, 2.05) is 6.92 Å². The summed E-state index contributed by atoms with van der Waals surface area (Å²) >= 11 is 5.91. The van der Waals surface area contributed by atoms with E-state index in [0.717, 1.165) is 0 Å². The molecule has 0 atom stereocenters. The Morgan fingerprint density at radius 2 is 2.21 bits per heavy atom. The summed E-state index contributed by atoms with van der Waals surface area (Å²) in [4.78, 5) is 10.5. The number of benzene rings is 1. The van der Waals surface area contributed by atoms with Crippen molar-refractivity contribution in [3.8, 4) is 11.5 Å². The zero-order valence-electron chi connectivity index (χ0n) is 8.04. The van der Waals surface area contributed by atoms with Crippen molar-refractivity contribution >= 4 is 17.9 Å². The van der Waals surface area contributed by atoms with Crippen molar-refractivity contribution in [2.24, 2.45) is 0 Å². The van der Waals surface area contributed by atoms with E-state index >= 15 is 0 Å². The second-order valence-corrected chi connectivity index (χ2v) is 2.99. The monoisotopic (exact) mass is 214 g/mol. The van der Waals surface area contributed by atoms with E-state index in [4.69, 9.17) is 21.1 Å². The molecule has 0 radical (unpaired) electrons. The lowest BCUT2D eigenvalue weighted by atomic mass is 10.2. The number of aldehydes is 1. The van der Waals surface area contributed by atoms with Gasteiger partial charge in [0, 0.05) is 5.56 Å². The number of methoxy groups -OCH3 is 1. The zero-order valence-corrected chi connectivity index (χ0v) is 8.80. The van der Waals surface area contributed by atoms with Gasteiger partial charge < -0.3 is 9.47 Å². The van der Waals surface area contributed by atoms with Gasteiger partial charge in [-0.3, -0.25) is 4.79 Å². The molecule has 0 aliphatic rings. The summed E-state index contributed by atoms with van der Waals surface area (Å²) in [6.07, 6.45) is 0.712. The van der Waals surface area contributed by atoms with Crippen molar-refractivity contribution in [1.82, 2.24) is 0 Å². The van der Waals surface area contributed by atoms with E-state index in [-0.39, 0.29) is 0 Å². The Hall–Kier alpha value is -1.22. The third-order valence-electron chi connectivity index (χ3n) is 1.68. The molecule has 0 unspecified atom stereocenters. The van der Waals surface area contributed by atoms with Crippen molar-refractivity contribution in [2.45, 2.75) is 6.92 Å². The van der Waals surface area contributed by atoms with Gasteiger partial charge in [-0.1, -0.05) is 11.6 Å². The maximum absolute atomic E-state index is 10.5. The molecule has 0 N–H and O–H groups in total. The normalized spacial score (nSPS) is 9.64. The highest BCUT2D eigenvalue weighted by molar-refractivity contribution is 6.32. The SMILES string of the molecule is CCOc1c(Cl)cc(C=O)cc1OC. The van der Waals surface area contributed by atoms with E-state index in [1.165, 1.54) is 7.11 Å². The van der Waals surface area contributed by atoms with Crippen LogP contribution in [0.25, 0.3) is 0 Å². The Bertz CT molecular complexity index is 336. The molecule has 0 heterocycles. The fourth-order valence-corrected chi connectivity index (χ4v) is 1.37. The minimum atomic E-state index is 0.383. The average molecular weight is 215 g/mol. The van der Waals surface area contributed by atoms with Crippen LogP contribution in [0.15, 0.2) is 12.1 Å². The van der Waals surface area contributed by atoms with E-state index < -0.39 is 0 Å². The van der Waals surface area contributed by atoms with Crippen LogP contribution >= 0.6 is 11.6 Å². The quantitative estimate of drug-likeness (QED) is 0.723. The molecule has 3 nitrogen and oxygen atoms in total. The van der Waals surface area contributed by atoms with Gasteiger partial charge in [0.25, 0.3) is 0 Å². The third kappa shape index (κ3) is 2.17. The highest BCUT2D eigenvalue weighted by atomic mass is 35.5. The third-order valence-corrected chi connectivity index (χ3v) is 1.96. The van der Waals surface area contributed by atoms with Gasteiger partial charge in [0.05, 0.1) is 18.7 Å². The number of carbonyl (C=O) groups is 1. The molecule has 76 valence electrons. The fourth-order valence-electron chi connectivity index (χ4n) is 1.09. The number of carbonyl (C=O) groups excluding carboxylic acids is 1. The summed E-state index contributed by atoms with van der Waals surface area (Å²) in [7, 11) is 1.50. The minimum absolute atomic E-state index is 0.383. The van der Waals surface area contributed by atoms with Crippen LogP contribution in [0.1, 0.15) is 17.3 Å². The van der Waals surface area contributed by atoms with Gasteiger partial charge in [0.15, 0.2) is 11.5 Å². The van der Waals surface area contributed by atoms with Crippen LogP contribution in [0, 0.1) is 0 Å². The summed E-state index contributed by atoms with van der Waals surface area (Å²) in [6.45, 7) is 2.35. The Balaban J connectivity index is 3.19. The highest BCUT2D eigenvalue weighted by Crippen LogP contribution is 2.35. The van der Waals surface area contributed by atoms with Crippen molar-refractivity contribution in [3.63, 3.8) is 0 Å². The molecular weight excluding hydrogens is 204 g/mol. The molecule has 14 heavy (non-hydrogen) atoms. The standard InChI is InChI=1S/C10H11ClO3/c1-3-14-10-8(11)4-7(6-12)5-9(10)13-2/h4-6H,3H2,1-2H3. The lowest BCUT2D eigenvalue weighted by molar-refractivity contribution is 0.112. The van der Waals surface area contributed by atoms with E-state index in [0.29, 0.717) is 35.0 Å². The molecule has 1 rings (SSSR count). The first-order valence-electron chi connectivity index (χ1n) is 4.18. The zero-order chi connectivity index (χ0) is 10.6. The number of halogens is 1. The Morgan fingerprint density at radius 3 is 2.71 bits per heavy atom. The molecule has 1 aromatic carbocycles. The smallest absolute Gasteiger partial charge is 0.179 e. The molecule has 1 aromatic rings. The maximum Gasteiger partial charge on any atom is 0.179 e. The topological polar surface area (TPSA) is 35.5 Å². The van der Waals surface area contributed by atoms with Gasteiger partial charge in [-0.05, 0) is 19.1 Å². The molecule has 0 spiro atoms. The van der Waals surface area contributed by atoms with Crippen LogP contribution in [0.4, 0.5) is 0 Å². The van der Waals surface area contributed by atoms with Gasteiger partial charge in [-0.15, -0.1) is 0 Å². The van der Waals surface area contributed by atoms with E-state index in [1.54, 1.807) is 12.1 Å². The second kappa shape index (κ2) is 4.86. The Labute approximate surface area is 87.6 Å². The van der Waals surface area contributed by atoms with Crippen LogP contribution in [0.5, 0.6) is 11.5 Å². The first-order valence-corrected chi connectivity index (χ1v) is 4.56. The van der Waals surface area contributed by atoms with Gasteiger partial charge in [0.1, 0.15) is 6.29 Å². The molecular formula is C10H11ClO3. The van der Waals surface area contributed by atoms with Crippen molar-refractivity contribution in [3.05, 3.63) is 22.7 Å². The van der Waals surface area contributed by atoms with Crippen LogP contribution in [-0.2, 0) is 0 Å². The molecule has 0 amide bonds. The van der Waals surface area contributed by atoms with Gasteiger partial charge in [-0.2, -0.15) is 0 Å². The Kier molecular flexibility index (Phi) is 3.77. The summed E-state index contributed by atoms with van der Waals surface area (Å²) < 4.78 is 10.3. The van der Waals surface area contributed by atoms with Crippen molar-refractivity contribution < 1.29 is 14.3 Å². The molecule has 0 aliphatic heterocycles. The Morgan fingerprint density at radius 1 is 1.50 bits per heavy atom. The van der Waals surface area contributed by atoms with E-state index in [2.05, 4.69) is 0 Å². The molecule has 0 aromatic heterocycles. The predicted molar refractivity (Wildman–Crippen MR) is 54.6 cm³/mol. The molecule has 4 heteroatoms. The average Bonchev–Trinajstić information content (AvgIpc) is 2.20. The minimum Gasteiger partial charge on any atom is -0.493 e. The van der Waals surface area contributed by atoms with Crippen molar-refractivity contribution in [1.29, 1.82) is 0 Å². The first kappa shape index (κ1) is 10.9.